The number of thiazole rings is 1. The number of rotatable bonds is 15. The number of nitriles is 1. The molecule has 1 unspecified atom stereocenters. The molecule has 3 aromatic carbocycles. The van der Waals surface area contributed by atoms with Crippen molar-refractivity contribution in [2.24, 2.45) is 16.7 Å². The molecule has 0 bridgehead atoms. The van der Waals surface area contributed by atoms with Crippen molar-refractivity contribution < 1.29 is 24.2 Å². The molecule has 15 nitrogen and oxygen atoms in total. The van der Waals surface area contributed by atoms with E-state index in [9.17, 15) is 24.8 Å². The van der Waals surface area contributed by atoms with Crippen LogP contribution in [0.25, 0.3) is 21.6 Å². The smallest absolute Gasteiger partial charge is 0.251 e. The number of aromatic nitrogens is 4. The molecule has 3 amide bonds. The van der Waals surface area contributed by atoms with Crippen LogP contribution in [0.2, 0.25) is 0 Å². The molecule has 3 aromatic heterocycles. The second kappa shape index (κ2) is 20.4. The van der Waals surface area contributed by atoms with Crippen molar-refractivity contribution in [3.8, 4) is 33.4 Å². The summed E-state index contributed by atoms with van der Waals surface area (Å²) in [4.78, 5) is 55.9. The fourth-order valence-corrected chi connectivity index (χ4v) is 12.3. The standard InChI is InChI=1S/C57H66N10O5S/c1-33(2)49(53(71)66-31-45(68)26-47(66)52(70)62-35(4)37-10-12-38(13-11-37)50-36(5)60-32-73-50)67-29-42(28-61-67)40-20-22-59-48(25-40)65-23-21-44(30-65)63-43-17-14-39(15-18-43)51(69)64-54-56(6,7)55(57(54,8)9)72-46-19-16-41(27-58)34(3)24-46/h10-20,22,24-25,28-29,32-33,35,44-45,47,49,54-55,63,68H,21,23,26,30-31H2,1-9H3,(H,62,70)(H,64,69)/t35-,44+,45+,47-,49?,54-,55-/m0/s1. The molecule has 0 radical (unpaired) electrons. The van der Waals surface area contributed by atoms with Gasteiger partial charge in [0, 0.05) is 78.2 Å². The molecule has 5 heterocycles. The maximum absolute atomic E-state index is 14.5. The van der Waals surface area contributed by atoms with Crippen molar-refractivity contribution >= 4 is 40.6 Å². The third-order valence-corrected chi connectivity index (χ3v) is 16.2. The summed E-state index contributed by atoms with van der Waals surface area (Å²) in [6, 6.07) is 25.6. The molecule has 2 saturated heterocycles. The number of ether oxygens (including phenoxy) is 1. The molecule has 1 saturated carbocycles. The SMILES string of the molecule is Cc1cc(O[C@H]2C(C)(C)[C@H](NC(=O)c3ccc(N[C@@H]4CCN(c5cc(-c6cnn(C(C(=O)N7C[C@H](O)C[C@H]7C(=O)N[C@@H](C)c7ccc(-c8scnc8C)cc7)C(C)C)c6)ccn5)C4)cc3)C2(C)C)ccc1C#N. The number of anilines is 2. The summed E-state index contributed by atoms with van der Waals surface area (Å²) in [6.07, 6.45) is 5.50. The number of pyridine rings is 1. The summed E-state index contributed by atoms with van der Waals surface area (Å²) in [7, 11) is 0. The molecule has 380 valence electrons. The van der Waals surface area contributed by atoms with Crippen LogP contribution in [0.3, 0.4) is 0 Å². The predicted octanol–water partition coefficient (Wildman–Crippen LogP) is 8.90. The van der Waals surface area contributed by atoms with Gasteiger partial charge in [0.2, 0.25) is 11.8 Å². The minimum absolute atomic E-state index is 0.0616. The molecule has 9 rings (SSSR count). The van der Waals surface area contributed by atoms with Crippen LogP contribution < -0.4 is 25.6 Å². The van der Waals surface area contributed by atoms with Gasteiger partial charge in [-0.2, -0.15) is 10.4 Å². The van der Waals surface area contributed by atoms with E-state index >= 15 is 0 Å². The van der Waals surface area contributed by atoms with Gasteiger partial charge in [-0.3, -0.25) is 19.1 Å². The largest absolute Gasteiger partial charge is 0.489 e. The normalized spacial score (nSPS) is 21.8. The van der Waals surface area contributed by atoms with Crippen LogP contribution in [0.1, 0.15) is 106 Å². The van der Waals surface area contributed by atoms with Crippen molar-refractivity contribution in [1.29, 1.82) is 5.26 Å². The van der Waals surface area contributed by atoms with E-state index in [2.05, 4.69) is 59.6 Å². The fourth-order valence-electron chi connectivity index (χ4n) is 11.5. The van der Waals surface area contributed by atoms with E-state index in [4.69, 9.17) is 14.8 Å². The summed E-state index contributed by atoms with van der Waals surface area (Å²) < 4.78 is 8.17. The molecule has 3 aliphatic rings. The van der Waals surface area contributed by atoms with E-state index in [0.717, 1.165) is 69.4 Å². The number of benzene rings is 3. The molecule has 5 atom stereocenters. The Morgan fingerprint density at radius 1 is 0.904 bits per heavy atom. The van der Waals surface area contributed by atoms with Gasteiger partial charge in [0.25, 0.3) is 5.91 Å². The van der Waals surface area contributed by atoms with Crippen LogP contribution in [0, 0.1) is 41.9 Å². The Balaban J connectivity index is 0.789. The number of likely N-dealkylation sites (tertiary alicyclic amines) is 1. The average Bonchev–Trinajstić information content (AvgIpc) is 4.21. The summed E-state index contributed by atoms with van der Waals surface area (Å²) in [6.45, 7) is 19.8. The van der Waals surface area contributed by atoms with E-state index in [1.807, 2.05) is 119 Å². The van der Waals surface area contributed by atoms with Crippen molar-refractivity contribution in [3.63, 3.8) is 0 Å². The number of aryl methyl sites for hydroxylation is 2. The highest BCUT2D eigenvalue weighted by atomic mass is 32.1. The number of carbonyl (C=O) groups excluding carboxylic acids is 3. The molecular formula is C57H66N10O5S. The van der Waals surface area contributed by atoms with Gasteiger partial charge in [-0.05, 0) is 110 Å². The number of aliphatic hydroxyl groups excluding tert-OH is 1. The molecule has 0 spiro atoms. The molecule has 1 aliphatic carbocycles. The van der Waals surface area contributed by atoms with Crippen LogP contribution in [0.15, 0.2) is 103 Å². The molecule has 4 N–H and O–H groups in total. The van der Waals surface area contributed by atoms with Crippen LogP contribution in [0.5, 0.6) is 5.75 Å². The Hall–Kier alpha value is -7.09. The Labute approximate surface area is 432 Å². The fraction of sp³-hybridized carbons (Fsp3) is 0.421. The quantitative estimate of drug-likeness (QED) is 0.0769. The lowest BCUT2D eigenvalue weighted by atomic mass is 9.49. The number of nitrogens with zero attached hydrogens (tertiary/aromatic N) is 7. The zero-order valence-electron chi connectivity index (χ0n) is 43.1. The Morgan fingerprint density at radius 3 is 2.32 bits per heavy atom. The summed E-state index contributed by atoms with van der Waals surface area (Å²) >= 11 is 1.59. The van der Waals surface area contributed by atoms with E-state index in [-0.39, 0.29) is 71.7 Å². The zero-order chi connectivity index (χ0) is 51.9. The highest BCUT2D eigenvalue weighted by Crippen LogP contribution is 2.55. The van der Waals surface area contributed by atoms with Gasteiger partial charge in [0.05, 0.1) is 46.1 Å². The molecule has 6 aromatic rings. The highest BCUT2D eigenvalue weighted by molar-refractivity contribution is 7.13. The van der Waals surface area contributed by atoms with Gasteiger partial charge in [0.1, 0.15) is 29.8 Å². The van der Waals surface area contributed by atoms with Gasteiger partial charge in [-0.1, -0.05) is 65.8 Å². The number of carbonyl (C=O) groups is 3. The second-order valence-electron chi connectivity index (χ2n) is 21.6. The molecule has 73 heavy (non-hydrogen) atoms. The van der Waals surface area contributed by atoms with Crippen LogP contribution in [0.4, 0.5) is 11.5 Å². The van der Waals surface area contributed by atoms with Crippen molar-refractivity contribution in [3.05, 3.63) is 131 Å². The van der Waals surface area contributed by atoms with Gasteiger partial charge >= 0.3 is 0 Å². The lowest BCUT2D eigenvalue weighted by Crippen LogP contribution is -2.74. The second-order valence-corrected chi connectivity index (χ2v) is 22.5. The Morgan fingerprint density at radius 2 is 1.64 bits per heavy atom. The van der Waals surface area contributed by atoms with Gasteiger partial charge < -0.3 is 35.6 Å². The lowest BCUT2D eigenvalue weighted by Gasteiger charge is -2.63. The number of aliphatic hydroxyl groups is 1. The first-order valence-electron chi connectivity index (χ1n) is 25.2. The number of nitrogens with one attached hydrogen (secondary N) is 3. The Bertz CT molecular complexity index is 3010. The first-order valence-corrected chi connectivity index (χ1v) is 26.1. The van der Waals surface area contributed by atoms with E-state index in [0.29, 0.717) is 16.9 Å². The van der Waals surface area contributed by atoms with Gasteiger partial charge in [-0.15, -0.1) is 11.3 Å². The average molecular weight is 1000 g/mol. The predicted molar refractivity (Wildman–Crippen MR) is 284 cm³/mol. The summed E-state index contributed by atoms with van der Waals surface area (Å²) in [5.74, 6) is 0.687. The summed E-state index contributed by atoms with van der Waals surface area (Å²) in [5, 5.41) is 34.9. The summed E-state index contributed by atoms with van der Waals surface area (Å²) in [5.41, 5.74) is 8.88. The maximum Gasteiger partial charge on any atom is 0.251 e. The van der Waals surface area contributed by atoms with Crippen LogP contribution in [-0.4, -0.2) is 97.4 Å². The third kappa shape index (κ3) is 10.3. The molecular weight excluding hydrogens is 937 g/mol. The number of amides is 3. The first kappa shape index (κ1) is 50.8. The van der Waals surface area contributed by atoms with E-state index < -0.39 is 18.2 Å². The zero-order valence-corrected chi connectivity index (χ0v) is 43.9. The number of β-amino-alcohol motifs (C(OH)–C–C–N with tert-alkyl or cyclic N) is 1. The highest BCUT2D eigenvalue weighted by Gasteiger charge is 2.64. The first-order chi connectivity index (χ1) is 34.8. The van der Waals surface area contributed by atoms with E-state index in [1.165, 1.54) is 4.90 Å². The monoisotopic (exact) mass is 1000 g/mol. The Kier molecular flexibility index (Phi) is 14.2. The van der Waals surface area contributed by atoms with Crippen molar-refractivity contribution in [1.82, 2.24) is 35.3 Å². The minimum Gasteiger partial charge on any atom is -0.489 e. The maximum atomic E-state index is 14.5. The third-order valence-electron chi connectivity index (χ3n) is 15.2. The minimum atomic E-state index is -0.825. The number of hydrogen-bond acceptors (Lipinski definition) is 12. The molecule has 3 fully saturated rings. The molecule has 2 aliphatic heterocycles. The van der Waals surface area contributed by atoms with Crippen LogP contribution in [-0.2, 0) is 9.59 Å². The van der Waals surface area contributed by atoms with E-state index in [1.54, 1.807) is 34.5 Å². The topological polar surface area (TPSA) is 191 Å². The van der Waals surface area contributed by atoms with Crippen LogP contribution >= 0.6 is 11.3 Å². The number of hydrogen-bond donors (Lipinski definition) is 4. The van der Waals surface area contributed by atoms with Gasteiger partial charge in [-0.25, -0.2) is 9.97 Å². The lowest BCUT2D eigenvalue weighted by molar-refractivity contribution is -0.164. The molecule has 16 heteroatoms. The van der Waals surface area contributed by atoms with Crippen molar-refractivity contribution in [2.75, 3.05) is 29.9 Å². The van der Waals surface area contributed by atoms with Gasteiger partial charge in [0.15, 0.2) is 0 Å². The van der Waals surface area contributed by atoms with Crippen molar-refractivity contribution in [2.45, 2.75) is 118 Å².